The highest BCUT2D eigenvalue weighted by atomic mass is 79.9. The van der Waals surface area contributed by atoms with Crippen molar-refractivity contribution in [3.05, 3.63) is 58.6 Å². The van der Waals surface area contributed by atoms with Crippen LogP contribution < -0.4 is 10.6 Å². The molecule has 0 spiro atoms. The van der Waals surface area contributed by atoms with E-state index in [1.807, 2.05) is 12.1 Å². The molecule has 1 fully saturated rings. The molecule has 0 amide bonds. The summed E-state index contributed by atoms with van der Waals surface area (Å²) in [5, 5.41) is 0. The Morgan fingerprint density at radius 2 is 1.89 bits per heavy atom. The van der Waals surface area contributed by atoms with E-state index < -0.39 is 0 Å². The summed E-state index contributed by atoms with van der Waals surface area (Å²) in [5.74, 6) is 0.611. The van der Waals surface area contributed by atoms with Gasteiger partial charge in [-0.2, -0.15) is 0 Å². The second-order valence-electron chi connectivity index (χ2n) is 5.08. The summed E-state index contributed by atoms with van der Waals surface area (Å²) in [4.78, 5) is 2.45. The molecule has 0 saturated carbocycles. The van der Waals surface area contributed by atoms with Crippen molar-refractivity contribution in [2.75, 3.05) is 23.7 Å². The molecule has 3 rings (SSSR count). The maximum atomic E-state index is 5.74. The van der Waals surface area contributed by atoms with E-state index in [0.29, 0.717) is 5.92 Å². The second kappa shape index (κ2) is 5.25. The second-order valence-corrected chi connectivity index (χ2v) is 5.99. The van der Waals surface area contributed by atoms with Crippen LogP contribution in [0.5, 0.6) is 0 Å². The fourth-order valence-electron chi connectivity index (χ4n) is 2.71. The SMILES string of the molecule is Nc1ccc(C2CCN(c3cccc(Br)c3)C2)cc1. The van der Waals surface area contributed by atoms with E-state index in [9.17, 15) is 0 Å². The molecule has 2 N–H and O–H groups in total. The monoisotopic (exact) mass is 316 g/mol. The smallest absolute Gasteiger partial charge is 0.0377 e. The summed E-state index contributed by atoms with van der Waals surface area (Å²) in [6, 6.07) is 16.8. The van der Waals surface area contributed by atoms with Crippen molar-refractivity contribution in [2.24, 2.45) is 0 Å². The van der Waals surface area contributed by atoms with Crippen LogP contribution in [0.3, 0.4) is 0 Å². The number of nitrogens with zero attached hydrogens (tertiary/aromatic N) is 1. The van der Waals surface area contributed by atoms with Crippen LogP contribution in [0.4, 0.5) is 11.4 Å². The van der Waals surface area contributed by atoms with Gasteiger partial charge in [-0.15, -0.1) is 0 Å². The van der Waals surface area contributed by atoms with E-state index in [2.05, 4.69) is 57.2 Å². The minimum Gasteiger partial charge on any atom is -0.399 e. The molecule has 19 heavy (non-hydrogen) atoms. The van der Waals surface area contributed by atoms with Gasteiger partial charge in [0.15, 0.2) is 0 Å². The van der Waals surface area contributed by atoms with Crippen molar-refractivity contribution in [2.45, 2.75) is 12.3 Å². The summed E-state index contributed by atoms with van der Waals surface area (Å²) in [6.45, 7) is 2.20. The highest BCUT2D eigenvalue weighted by molar-refractivity contribution is 9.10. The van der Waals surface area contributed by atoms with Crippen molar-refractivity contribution in [3.8, 4) is 0 Å². The van der Waals surface area contributed by atoms with E-state index in [1.54, 1.807) is 0 Å². The highest BCUT2D eigenvalue weighted by Crippen LogP contribution is 2.31. The van der Waals surface area contributed by atoms with Crippen LogP contribution in [0.1, 0.15) is 17.9 Å². The quantitative estimate of drug-likeness (QED) is 0.848. The Morgan fingerprint density at radius 3 is 2.63 bits per heavy atom. The summed E-state index contributed by atoms with van der Waals surface area (Å²) in [6.07, 6.45) is 1.20. The Kier molecular flexibility index (Phi) is 3.47. The van der Waals surface area contributed by atoms with Crippen LogP contribution in [0.15, 0.2) is 53.0 Å². The summed E-state index contributed by atoms with van der Waals surface area (Å²) in [5.41, 5.74) is 9.28. The third-order valence-electron chi connectivity index (χ3n) is 3.77. The minimum atomic E-state index is 0.611. The molecule has 0 bridgehead atoms. The third kappa shape index (κ3) is 2.76. The maximum Gasteiger partial charge on any atom is 0.0377 e. The van der Waals surface area contributed by atoms with Gasteiger partial charge in [-0.25, -0.2) is 0 Å². The lowest BCUT2D eigenvalue weighted by molar-refractivity contribution is 0.775. The first-order valence-corrected chi connectivity index (χ1v) is 7.37. The zero-order valence-corrected chi connectivity index (χ0v) is 12.3. The number of halogens is 1. The van der Waals surface area contributed by atoms with E-state index >= 15 is 0 Å². The Bertz CT molecular complexity index is 565. The van der Waals surface area contributed by atoms with Crippen LogP contribution in [0.25, 0.3) is 0 Å². The molecule has 1 atom stereocenters. The average Bonchev–Trinajstić information content (AvgIpc) is 2.89. The summed E-state index contributed by atoms with van der Waals surface area (Å²) in [7, 11) is 0. The van der Waals surface area contributed by atoms with Crippen molar-refractivity contribution in [1.29, 1.82) is 0 Å². The van der Waals surface area contributed by atoms with Gasteiger partial charge >= 0.3 is 0 Å². The molecule has 3 heteroatoms. The molecule has 1 saturated heterocycles. The van der Waals surface area contributed by atoms with Crippen LogP contribution >= 0.6 is 15.9 Å². The van der Waals surface area contributed by atoms with Crippen LogP contribution in [-0.2, 0) is 0 Å². The van der Waals surface area contributed by atoms with Gasteiger partial charge in [0.05, 0.1) is 0 Å². The standard InChI is InChI=1S/C16H17BrN2/c17-14-2-1-3-16(10-14)19-9-8-13(11-19)12-4-6-15(18)7-5-12/h1-7,10,13H,8-9,11,18H2. The largest absolute Gasteiger partial charge is 0.399 e. The van der Waals surface area contributed by atoms with E-state index in [0.717, 1.165) is 23.2 Å². The first-order chi connectivity index (χ1) is 9.22. The molecule has 2 aromatic rings. The molecule has 1 aliphatic rings. The molecule has 0 radical (unpaired) electrons. The number of benzene rings is 2. The lowest BCUT2D eigenvalue weighted by Crippen LogP contribution is -2.18. The number of rotatable bonds is 2. The molecule has 0 aliphatic carbocycles. The normalized spacial score (nSPS) is 18.8. The summed E-state index contributed by atoms with van der Waals surface area (Å²) < 4.78 is 1.14. The topological polar surface area (TPSA) is 29.3 Å². The van der Waals surface area contributed by atoms with Gasteiger partial charge in [-0.1, -0.05) is 34.1 Å². The molecule has 1 unspecified atom stereocenters. The number of hydrogen-bond acceptors (Lipinski definition) is 2. The van der Waals surface area contributed by atoms with Gasteiger partial charge in [0, 0.05) is 34.9 Å². The fraction of sp³-hybridized carbons (Fsp3) is 0.250. The zero-order chi connectivity index (χ0) is 13.2. The molecule has 2 aromatic carbocycles. The van der Waals surface area contributed by atoms with Gasteiger partial charge in [-0.3, -0.25) is 0 Å². The Morgan fingerprint density at radius 1 is 1.11 bits per heavy atom. The average molecular weight is 317 g/mol. The molecule has 1 heterocycles. The van der Waals surface area contributed by atoms with Gasteiger partial charge in [0.25, 0.3) is 0 Å². The lowest BCUT2D eigenvalue weighted by atomic mass is 9.98. The molecular weight excluding hydrogens is 300 g/mol. The Labute approximate surface area is 122 Å². The molecular formula is C16H17BrN2. The number of anilines is 2. The van der Waals surface area contributed by atoms with Crippen LogP contribution in [0, 0.1) is 0 Å². The van der Waals surface area contributed by atoms with Crippen LogP contribution in [-0.4, -0.2) is 13.1 Å². The number of hydrogen-bond donors (Lipinski definition) is 1. The van der Waals surface area contributed by atoms with E-state index in [-0.39, 0.29) is 0 Å². The van der Waals surface area contributed by atoms with Gasteiger partial charge in [0.1, 0.15) is 0 Å². The Hall–Kier alpha value is -1.48. The van der Waals surface area contributed by atoms with E-state index in [1.165, 1.54) is 17.7 Å². The van der Waals surface area contributed by atoms with Gasteiger partial charge in [0.2, 0.25) is 0 Å². The van der Waals surface area contributed by atoms with Gasteiger partial charge < -0.3 is 10.6 Å². The molecule has 2 nitrogen and oxygen atoms in total. The maximum absolute atomic E-state index is 5.74. The van der Waals surface area contributed by atoms with Crippen molar-refractivity contribution >= 4 is 27.3 Å². The third-order valence-corrected chi connectivity index (χ3v) is 4.26. The van der Waals surface area contributed by atoms with E-state index in [4.69, 9.17) is 5.73 Å². The van der Waals surface area contributed by atoms with Crippen LogP contribution in [0.2, 0.25) is 0 Å². The Balaban J connectivity index is 1.75. The van der Waals surface area contributed by atoms with Crippen molar-refractivity contribution < 1.29 is 0 Å². The fourth-order valence-corrected chi connectivity index (χ4v) is 3.10. The first kappa shape index (κ1) is 12.5. The predicted molar refractivity (Wildman–Crippen MR) is 84.6 cm³/mol. The molecule has 0 aromatic heterocycles. The van der Waals surface area contributed by atoms with Gasteiger partial charge in [-0.05, 0) is 42.3 Å². The number of nitrogen functional groups attached to an aromatic ring is 1. The van der Waals surface area contributed by atoms with Crippen molar-refractivity contribution in [3.63, 3.8) is 0 Å². The lowest BCUT2D eigenvalue weighted by Gasteiger charge is -2.19. The van der Waals surface area contributed by atoms with Crippen molar-refractivity contribution in [1.82, 2.24) is 0 Å². The molecule has 1 aliphatic heterocycles. The zero-order valence-electron chi connectivity index (χ0n) is 10.7. The predicted octanol–water partition coefficient (Wildman–Crippen LogP) is 4.03. The number of nitrogens with two attached hydrogens (primary N) is 1. The summed E-state index contributed by atoms with van der Waals surface area (Å²) >= 11 is 3.54. The minimum absolute atomic E-state index is 0.611. The molecule has 98 valence electrons. The highest BCUT2D eigenvalue weighted by Gasteiger charge is 2.23. The first-order valence-electron chi connectivity index (χ1n) is 6.58.